The van der Waals surface area contributed by atoms with E-state index in [1.165, 1.54) is 11.0 Å². The molecule has 1 N–H and O–H groups in total. The van der Waals surface area contributed by atoms with Crippen molar-refractivity contribution in [2.75, 3.05) is 5.32 Å². The molecule has 9 heteroatoms. The molecule has 0 radical (unpaired) electrons. The Hall–Kier alpha value is -1.54. The summed E-state index contributed by atoms with van der Waals surface area (Å²) in [6.07, 6.45) is 0.487. The molecule has 3 aromatic rings. The smallest absolute Gasteiger partial charge is 0.322 e. The highest BCUT2D eigenvalue weighted by Gasteiger charge is 2.17. The second kappa shape index (κ2) is 8.43. The molecule has 0 saturated heterocycles. The molecule has 0 aliphatic rings. The van der Waals surface area contributed by atoms with Crippen LogP contribution < -0.4 is 5.32 Å². The fraction of sp³-hybridized carbons (Fsp3) is 0.235. The molecule has 0 bridgehead atoms. The first kappa shape index (κ1) is 19.2. The summed E-state index contributed by atoms with van der Waals surface area (Å²) < 4.78 is 6.24. The van der Waals surface area contributed by atoms with Gasteiger partial charge in [-0.1, -0.05) is 54.3 Å². The van der Waals surface area contributed by atoms with E-state index in [4.69, 9.17) is 27.6 Å². The molecule has 0 unspecified atom stereocenters. The number of nitrogens with zero attached hydrogens (tertiary/aromatic N) is 2. The molecule has 0 atom stereocenters. The van der Waals surface area contributed by atoms with Gasteiger partial charge in [-0.05, 0) is 23.8 Å². The summed E-state index contributed by atoms with van der Waals surface area (Å²) >= 11 is 14.7. The zero-order valence-electron chi connectivity index (χ0n) is 14.0. The van der Waals surface area contributed by atoms with Gasteiger partial charge in [-0.25, -0.2) is 0 Å². The van der Waals surface area contributed by atoms with Gasteiger partial charge >= 0.3 is 6.01 Å². The fourth-order valence-corrected chi connectivity index (χ4v) is 4.46. The number of thiophene rings is 1. The molecule has 1 amide bonds. The van der Waals surface area contributed by atoms with Crippen molar-refractivity contribution in [3.8, 4) is 0 Å². The monoisotopic (exact) mass is 427 g/mol. The largest absolute Gasteiger partial charge is 0.407 e. The number of carbonyl (C=O) groups is 1. The number of thioether (sulfide) groups is 1. The number of aromatic nitrogens is 2. The predicted molar refractivity (Wildman–Crippen MR) is 107 cm³/mol. The van der Waals surface area contributed by atoms with Gasteiger partial charge in [0.15, 0.2) is 0 Å². The van der Waals surface area contributed by atoms with Gasteiger partial charge in [-0.2, -0.15) is 0 Å². The van der Waals surface area contributed by atoms with Crippen LogP contribution >= 0.6 is 46.3 Å². The van der Waals surface area contributed by atoms with Gasteiger partial charge in [0.05, 0.1) is 16.3 Å². The van der Waals surface area contributed by atoms with Crippen LogP contribution in [0.2, 0.25) is 8.67 Å². The Balaban J connectivity index is 1.62. The summed E-state index contributed by atoms with van der Waals surface area (Å²) in [5, 5.41) is 10.9. The van der Waals surface area contributed by atoms with E-state index in [2.05, 4.69) is 41.5 Å². The normalized spacial score (nSPS) is 11.1. The maximum Gasteiger partial charge on any atom is 0.322 e. The minimum absolute atomic E-state index is 0.0235. The highest BCUT2D eigenvalue weighted by molar-refractivity contribution is 7.99. The van der Waals surface area contributed by atoms with Crippen LogP contribution in [0.4, 0.5) is 6.01 Å². The number of hydrogen-bond acceptors (Lipinski definition) is 6. The highest BCUT2D eigenvalue weighted by Crippen LogP contribution is 2.31. The van der Waals surface area contributed by atoms with Crippen molar-refractivity contribution in [3.05, 3.63) is 56.0 Å². The maximum absolute atomic E-state index is 12.2. The third kappa shape index (κ3) is 5.01. The molecule has 0 fully saturated rings. The van der Waals surface area contributed by atoms with Crippen molar-refractivity contribution in [2.45, 2.75) is 30.4 Å². The lowest BCUT2D eigenvalue weighted by atomic mass is 10.1. The van der Waals surface area contributed by atoms with E-state index in [1.54, 1.807) is 11.8 Å². The lowest BCUT2D eigenvalue weighted by Gasteiger charge is -2.05. The molecular weight excluding hydrogens is 413 g/mol. The summed E-state index contributed by atoms with van der Waals surface area (Å²) in [7, 11) is 0. The van der Waals surface area contributed by atoms with Crippen molar-refractivity contribution in [1.29, 1.82) is 0 Å². The van der Waals surface area contributed by atoms with Gasteiger partial charge < -0.3 is 4.42 Å². The van der Waals surface area contributed by atoms with Crippen LogP contribution in [0.5, 0.6) is 0 Å². The third-order valence-corrected chi connectivity index (χ3v) is 5.74. The lowest BCUT2D eigenvalue weighted by molar-refractivity contribution is 0.102. The maximum atomic E-state index is 12.2. The third-order valence-electron chi connectivity index (χ3n) is 3.24. The van der Waals surface area contributed by atoms with Gasteiger partial charge in [-0.15, -0.1) is 28.2 Å². The van der Waals surface area contributed by atoms with E-state index in [1.807, 2.05) is 12.1 Å². The lowest BCUT2D eigenvalue weighted by Crippen LogP contribution is -2.11. The van der Waals surface area contributed by atoms with E-state index < -0.39 is 5.91 Å². The van der Waals surface area contributed by atoms with Crippen molar-refractivity contribution < 1.29 is 9.21 Å². The van der Waals surface area contributed by atoms with Gasteiger partial charge in [0, 0.05) is 10.1 Å². The van der Waals surface area contributed by atoms with Crippen molar-refractivity contribution in [3.63, 3.8) is 0 Å². The van der Waals surface area contributed by atoms with E-state index in [0.717, 1.165) is 16.9 Å². The molecule has 3 rings (SSSR count). The average Bonchev–Trinajstić information content (AvgIpc) is 3.14. The van der Waals surface area contributed by atoms with Crippen LogP contribution in [-0.2, 0) is 6.42 Å². The van der Waals surface area contributed by atoms with Crippen LogP contribution in [0.15, 0.2) is 39.6 Å². The van der Waals surface area contributed by atoms with Crippen LogP contribution in [-0.4, -0.2) is 21.4 Å². The Morgan fingerprint density at radius 1 is 1.27 bits per heavy atom. The number of hydrogen-bond donors (Lipinski definition) is 1. The highest BCUT2D eigenvalue weighted by atomic mass is 35.5. The number of benzene rings is 1. The van der Waals surface area contributed by atoms with E-state index >= 15 is 0 Å². The van der Waals surface area contributed by atoms with Crippen molar-refractivity contribution in [2.24, 2.45) is 0 Å². The summed E-state index contributed by atoms with van der Waals surface area (Å²) in [6.45, 7) is 4.31. The fourth-order valence-electron chi connectivity index (χ4n) is 2.17. The van der Waals surface area contributed by atoms with Gasteiger partial charge in [-0.3, -0.25) is 10.1 Å². The first-order valence-electron chi connectivity index (χ1n) is 7.75. The molecule has 0 spiro atoms. The Labute approximate surface area is 169 Å². The molecule has 2 aromatic heterocycles. The standard InChI is InChI=1S/C17H15Cl2N3O2S2/c1-9(2)25-11-5-3-10(4-6-11)7-14-21-22-17(24-14)20-16(23)12-8-13(18)26-15(12)19/h3-6,8-9H,7H2,1-2H3,(H,20,22,23). The Kier molecular flexibility index (Phi) is 6.24. The zero-order chi connectivity index (χ0) is 18.7. The Morgan fingerprint density at radius 2 is 2.00 bits per heavy atom. The van der Waals surface area contributed by atoms with E-state index in [-0.39, 0.29) is 11.6 Å². The molecule has 0 aliphatic heterocycles. The van der Waals surface area contributed by atoms with Crippen molar-refractivity contribution in [1.82, 2.24) is 10.2 Å². The van der Waals surface area contributed by atoms with Gasteiger partial charge in [0.25, 0.3) is 5.91 Å². The van der Waals surface area contributed by atoms with E-state index in [9.17, 15) is 4.79 Å². The molecule has 5 nitrogen and oxygen atoms in total. The summed E-state index contributed by atoms with van der Waals surface area (Å²) in [4.78, 5) is 13.4. The van der Waals surface area contributed by atoms with Crippen LogP contribution in [0.3, 0.4) is 0 Å². The molecule has 2 heterocycles. The number of anilines is 1. The number of rotatable bonds is 6. The number of halogens is 2. The summed E-state index contributed by atoms with van der Waals surface area (Å²) in [5.74, 6) is -0.0255. The molecule has 136 valence electrons. The zero-order valence-corrected chi connectivity index (χ0v) is 17.1. The SMILES string of the molecule is CC(C)Sc1ccc(Cc2nnc(NC(=O)c3cc(Cl)sc3Cl)o2)cc1. The van der Waals surface area contributed by atoms with Gasteiger partial charge in [0.2, 0.25) is 5.89 Å². The van der Waals surface area contributed by atoms with Crippen molar-refractivity contribution >= 4 is 58.2 Å². The molecule has 0 saturated carbocycles. The Bertz CT molecular complexity index is 907. The van der Waals surface area contributed by atoms with Crippen LogP contribution in [0.25, 0.3) is 0 Å². The van der Waals surface area contributed by atoms with Crippen LogP contribution in [0, 0.1) is 0 Å². The van der Waals surface area contributed by atoms with Gasteiger partial charge in [0.1, 0.15) is 4.34 Å². The van der Waals surface area contributed by atoms with E-state index in [0.29, 0.717) is 26.2 Å². The number of nitrogens with one attached hydrogen (secondary N) is 1. The molecule has 0 aliphatic carbocycles. The summed E-state index contributed by atoms with van der Waals surface area (Å²) in [5.41, 5.74) is 1.33. The molecular formula is C17H15Cl2N3O2S2. The second-order valence-corrected chi connectivity index (χ2v) is 9.62. The number of carbonyl (C=O) groups excluding carboxylic acids is 1. The molecule has 1 aromatic carbocycles. The minimum atomic E-state index is -0.441. The Morgan fingerprint density at radius 3 is 2.62 bits per heavy atom. The van der Waals surface area contributed by atoms with Crippen LogP contribution in [0.1, 0.15) is 35.7 Å². The first-order valence-corrected chi connectivity index (χ1v) is 10.2. The minimum Gasteiger partial charge on any atom is -0.407 e. The second-order valence-electron chi connectivity index (χ2n) is 5.68. The topological polar surface area (TPSA) is 68.0 Å². The molecule has 26 heavy (non-hydrogen) atoms. The predicted octanol–water partition coefficient (Wildman–Crippen LogP) is 5.78. The average molecular weight is 428 g/mol. The quantitative estimate of drug-likeness (QED) is 0.504. The number of amides is 1. The summed E-state index contributed by atoms with van der Waals surface area (Å²) in [6, 6.07) is 9.72. The first-order chi connectivity index (χ1) is 12.4.